The highest BCUT2D eigenvalue weighted by Gasteiger charge is 2.41. The number of sulfonamides is 1. The van der Waals surface area contributed by atoms with Crippen molar-refractivity contribution in [3.05, 3.63) is 0 Å². The molecular formula is C8H18F2N2O2S. The van der Waals surface area contributed by atoms with Crippen molar-refractivity contribution in [3.63, 3.8) is 0 Å². The van der Waals surface area contributed by atoms with Crippen LogP contribution in [-0.4, -0.2) is 37.6 Å². The zero-order valence-corrected chi connectivity index (χ0v) is 10.0. The van der Waals surface area contributed by atoms with Gasteiger partial charge in [-0.1, -0.05) is 13.8 Å². The van der Waals surface area contributed by atoms with Crippen LogP contribution in [0.3, 0.4) is 0 Å². The van der Waals surface area contributed by atoms with Crippen molar-refractivity contribution in [2.75, 3.05) is 13.6 Å². The normalized spacial score (nSPS) is 13.9. The average Bonchev–Trinajstić information content (AvgIpc) is 2.20. The molecule has 0 saturated heterocycles. The predicted molar refractivity (Wildman–Crippen MR) is 55.1 cm³/mol. The Hall–Kier alpha value is -0.270. The molecule has 7 heteroatoms. The van der Waals surface area contributed by atoms with Gasteiger partial charge in [0.15, 0.2) is 0 Å². The highest BCUT2D eigenvalue weighted by Crippen LogP contribution is 2.26. The molecule has 0 saturated carbocycles. The SMILES string of the molecule is CCC(CC)(CN)N(C)S(=O)(=O)C(F)F. The van der Waals surface area contributed by atoms with E-state index in [1.54, 1.807) is 13.8 Å². The molecule has 15 heavy (non-hydrogen) atoms. The standard InChI is InChI=1S/C8H18F2N2O2S/c1-4-8(5-2,6-11)12(3)15(13,14)7(9)10/h7H,4-6,11H2,1-3H3. The lowest BCUT2D eigenvalue weighted by Crippen LogP contribution is -2.54. The third-order valence-corrected chi connectivity index (χ3v) is 4.57. The summed E-state index contributed by atoms with van der Waals surface area (Å²) in [6, 6.07) is 0. The second-order valence-corrected chi connectivity index (χ2v) is 5.34. The van der Waals surface area contributed by atoms with Crippen LogP contribution < -0.4 is 5.73 Å². The molecule has 0 unspecified atom stereocenters. The van der Waals surface area contributed by atoms with E-state index < -0.39 is 21.3 Å². The Balaban J connectivity index is 5.20. The van der Waals surface area contributed by atoms with Crippen LogP contribution in [0.5, 0.6) is 0 Å². The summed E-state index contributed by atoms with van der Waals surface area (Å²) in [5.74, 6) is -3.40. The number of hydrogen-bond donors (Lipinski definition) is 1. The summed E-state index contributed by atoms with van der Waals surface area (Å²) in [5.41, 5.74) is 4.57. The Morgan fingerprint density at radius 1 is 1.33 bits per heavy atom. The summed E-state index contributed by atoms with van der Waals surface area (Å²) in [4.78, 5) is 0. The minimum absolute atomic E-state index is 0.0302. The number of nitrogens with zero attached hydrogens (tertiary/aromatic N) is 1. The van der Waals surface area contributed by atoms with E-state index in [2.05, 4.69) is 0 Å². The Morgan fingerprint density at radius 3 is 1.93 bits per heavy atom. The molecule has 0 aromatic heterocycles. The van der Waals surface area contributed by atoms with Crippen LogP contribution in [0, 0.1) is 0 Å². The number of likely N-dealkylation sites (N-methyl/N-ethyl adjacent to an activating group) is 1. The van der Waals surface area contributed by atoms with Crippen LogP contribution in [0.1, 0.15) is 26.7 Å². The molecule has 0 heterocycles. The first kappa shape index (κ1) is 14.7. The molecule has 0 aromatic rings. The van der Waals surface area contributed by atoms with Crippen molar-refractivity contribution in [1.29, 1.82) is 0 Å². The maximum atomic E-state index is 12.3. The average molecular weight is 244 g/mol. The molecule has 0 bridgehead atoms. The molecule has 0 aliphatic carbocycles. The van der Waals surface area contributed by atoms with Gasteiger partial charge in [-0.15, -0.1) is 0 Å². The summed E-state index contributed by atoms with van der Waals surface area (Å²) in [7, 11) is -3.40. The maximum absolute atomic E-state index is 12.3. The van der Waals surface area contributed by atoms with E-state index in [0.29, 0.717) is 17.1 Å². The van der Waals surface area contributed by atoms with Gasteiger partial charge in [0.1, 0.15) is 0 Å². The molecule has 2 N–H and O–H groups in total. The smallest absolute Gasteiger partial charge is 0.329 e. The number of alkyl halides is 2. The first-order valence-corrected chi connectivity index (χ1v) is 6.25. The van der Waals surface area contributed by atoms with Crippen molar-refractivity contribution in [2.24, 2.45) is 5.73 Å². The fourth-order valence-corrected chi connectivity index (χ4v) is 2.61. The molecule has 0 rings (SSSR count). The minimum atomic E-state index is -4.55. The van der Waals surface area contributed by atoms with Crippen molar-refractivity contribution < 1.29 is 17.2 Å². The van der Waals surface area contributed by atoms with Gasteiger partial charge in [-0.3, -0.25) is 0 Å². The number of rotatable bonds is 6. The van der Waals surface area contributed by atoms with E-state index in [9.17, 15) is 17.2 Å². The lowest BCUT2D eigenvalue weighted by molar-refractivity contribution is 0.172. The number of halogens is 2. The molecule has 0 aromatic carbocycles. The van der Waals surface area contributed by atoms with E-state index in [4.69, 9.17) is 5.73 Å². The monoisotopic (exact) mass is 244 g/mol. The van der Waals surface area contributed by atoms with Gasteiger partial charge in [-0.2, -0.15) is 13.1 Å². The molecule has 0 amide bonds. The quantitative estimate of drug-likeness (QED) is 0.757. The van der Waals surface area contributed by atoms with Gasteiger partial charge in [-0.25, -0.2) is 8.42 Å². The van der Waals surface area contributed by atoms with Crippen LogP contribution in [0.4, 0.5) is 8.78 Å². The van der Waals surface area contributed by atoms with Gasteiger partial charge in [0.25, 0.3) is 10.0 Å². The highest BCUT2D eigenvalue weighted by molar-refractivity contribution is 7.89. The first-order valence-electron chi connectivity index (χ1n) is 4.74. The Labute approximate surface area is 89.5 Å². The molecular weight excluding hydrogens is 226 g/mol. The second-order valence-electron chi connectivity index (χ2n) is 3.41. The molecule has 0 radical (unpaired) electrons. The summed E-state index contributed by atoms with van der Waals surface area (Å²) in [6.07, 6.45) is 0.810. The van der Waals surface area contributed by atoms with Crippen molar-refractivity contribution in [2.45, 2.75) is 38.0 Å². The molecule has 0 aliphatic rings. The van der Waals surface area contributed by atoms with E-state index in [-0.39, 0.29) is 6.54 Å². The van der Waals surface area contributed by atoms with Crippen molar-refractivity contribution in [1.82, 2.24) is 4.31 Å². The third kappa shape index (κ3) is 2.64. The summed E-state index contributed by atoms with van der Waals surface area (Å²) < 4.78 is 47.9. The zero-order chi connectivity index (χ0) is 12.3. The minimum Gasteiger partial charge on any atom is -0.329 e. The van der Waals surface area contributed by atoms with Crippen molar-refractivity contribution in [3.8, 4) is 0 Å². The van der Waals surface area contributed by atoms with E-state index >= 15 is 0 Å². The largest absolute Gasteiger partial charge is 0.350 e. The van der Waals surface area contributed by atoms with Gasteiger partial charge >= 0.3 is 5.76 Å². The van der Waals surface area contributed by atoms with Crippen LogP contribution in [0.15, 0.2) is 0 Å². The molecule has 4 nitrogen and oxygen atoms in total. The molecule has 0 fully saturated rings. The Kier molecular flexibility index (Phi) is 5.08. The summed E-state index contributed by atoms with van der Waals surface area (Å²) in [6.45, 7) is 3.49. The Morgan fingerprint density at radius 2 is 1.73 bits per heavy atom. The van der Waals surface area contributed by atoms with Crippen LogP contribution in [0.25, 0.3) is 0 Å². The highest BCUT2D eigenvalue weighted by atomic mass is 32.2. The van der Waals surface area contributed by atoms with Gasteiger partial charge in [0, 0.05) is 19.1 Å². The zero-order valence-electron chi connectivity index (χ0n) is 9.20. The van der Waals surface area contributed by atoms with Crippen LogP contribution >= 0.6 is 0 Å². The lowest BCUT2D eigenvalue weighted by Gasteiger charge is -2.38. The van der Waals surface area contributed by atoms with Crippen LogP contribution in [-0.2, 0) is 10.0 Å². The Bertz CT molecular complexity index is 281. The van der Waals surface area contributed by atoms with Gasteiger partial charge in [0.05, 0.1) is 0 Å². The molecule has 0 aliphatic heterocycles. The molecule has 92 valence electrons. The van der Waals surface area contributed by atoms with E-state index in [1.807, 2.05) is 0 Å². The van der Waals surface area contributed by atoms with Gasteiger partial charge in [-0.05, 0) is 12.8 Å². The maximum Gasteiger partial charge on any atom is 0.350 e. The van der Waals surface area contributed by atoms with E-state index in [0.717, 1.165) is 7.05 Å². The van der Waals surface area contributed by atoms with Gasteiger partial charge in [0.2, 0.25) is 0 Å². The second kappa shape index (κ2) is 5.18. The van der Waals surface area contributed by atoms with E-state index in [1.165, 1.54) is 0 Å². The lowest BCUT2D eigenvalue weighted by atomic mass is 9.93. The number of nitrogens with two attached hydrogens (primary N) is 1. The summed E-state index contributed by atoms with van der Waals surface area (Å²) in [5, 5.41) is 0. The number of hydrogen-bond acceptors (Lipinski definition) is 3. The fraction of sp³-hybridized carbons (Fsp3) is 1.00. The first-order chi connectivity index (χ1) is 6.78. The fourth-order valence-electron chi connectivity index (χ4n) is 1.50. The molecule has 0 spiro atoms. The topological polar surface area (TPSA) is 63.4 Å². The van der Waals surface area contributed by atoms with Crippen LogP contribution in [0.2, 0.25) is 0 Å². The molecule has 0 atom stereocenters. The van der Waals surface area contributed by atoms with Gasteiger partial charge < -0.3 is 5.73 Å². The summed E-state index contributed by atoms with van der Waals surface area (Å²) >= 11 is 0. The third-order valence-electron chi connectivity index (χ3n) is 2.97. The van der Waals surface area contributed by atoms with Crippen molar-refractivity contribution >= 4 is 10.0 Å². The predicted octanol–water partition coefficient (Wildman–Crippen LogP) is 0.988.